The van der Waals surface area contributed by atoms with Crippen molar-refractivity contribution in [3.05, 3.63) is 35.4 Å². The molecule has 2 unspecified atom stereocenters. The van der Waals surface area contributed by atoms with Gasteiger partial charge in [0, 0.05) is 18.6 Å². The molecule has 0 aromatic heterocycles. The fourth-order valence-electron chi connectivity index (χ4n) is 2.96. The molecule has 0 radical (unpaired) electrons. The van der Waals surface area contributed by atoms with Crippen molar-refractivity contribution < 1.29 is 0 Å². The molecule has 20 heavy (non-hydrogen) atoms. The first-order valence-electron chi connectivity index (χ1n) is 7.94. The standard InChI is InChI=1S/C18H32N2/c1-6-15(3)12-18(7-2,14-19)20(5)13-17-11-9-8-10-16(17)4/h8-11,15H,6-7,12-14,19H2,1-5H3. The number of nitrogens with zero attached hydrogens (tertiary/aromatic N) is 1. The van der Waals surface area contributed by atoms with E-state index in [1.807, 2.05) is 0 Å². The van der Waals surface area contributed by atoms with Gasteiger partial charge < -0.3 is 5.73 Å². The van der Waals surface area contributed by atoms with E-state index >= 15 is 0 Å². The lowest BCUT2D eigenvalue weighted by Gasteiger charge is -2.42. The SMILES string of the molecule is CCC(C)CC(CC)(CN)N(C)Cc1ccccc1C. The van der Waals surface area contributed by atoms with E-state index in [-0.39, 0.29) is 5.54 Å². The normalized spacial score (nSPS) is 16.1. The molecule has 2 N–H and O–H groups in total. The second kappa shape index (κ2) is 7.80. The van der Waals surface area contributed by atoms with Crippen LogP contribution < -0.4 is 5.73 Å². The van der Waals surface area contributed by atoms with Crippen LogP contribution in [0.4, 0.5) is 0 Å². The fraction of sp³-hybridized carbons (Fsp3) is 0.667. The summed E-state index contributed by atoms with van der Waals surface area (Å²) in [6, 6.07) is 8.65. The number of hydrogen-bond donors (Lipinski definition) is 1. The topological polar surface area (TPSA) is 29.3 Å². The smallest absolute Gasteiger partial charge is 0.0332 e. The van der Waals surface area contributed by atoms with Crippen LogP contribution in [0, 0.1) is 12.8 Å². The minimum Gasteiger partial charge on any atom is -0.329 e. The summed E-state index contributed by atoms with van der Waals surface area (Å²) in [6.07, 6.45) is 3.51. The number of likely N-dealkylation sites (N-methyl/N-ethyl adjacent to an activating group) is 1. The van der Waals surface area contributed by atoms with E-state index in [1.54, 1.807) is 0 Å². The summed E-state index contributed by atoms with van der Waals surface area (Å²) >= 11 is 0. The van der Waals surface area contributed by atoms with Gasteiger partial charge in [0.05, 0.1) is 0 Å². The van der Waals surface area contributed by atoms with E-state index in [0.717, 1.165) is 25.4 Å². The largest absolute Gasteiger partial charge is 0.329 e. The molecule has 0 aliphatic rings. The van der Waals surface area contributed by atoms with Crippen molar-refractivity contribution in [1.29, 1.82) is 0 Å². The van der Waals surface area contributed by atoms with Crippen molar-refractivity contribution in [2.45, 2.75) is 59.0 Å². The summed E-state index contributed by atoms with van der Waals surface area (Å²) in [5, 5.41) is 0. The van der Waals surface area contributed by atoms with E-state index < -0.39 is 0 Å². The van der Waals surface area contributed by atoms with Gasteiger partial charge in [-0.3, -0.25) is 4.90 Å². The number of rotatable bonds is 8. The Balaban J connectivity index is 2.88. The third-order valence-electron chi connectivity index (χ3n) is 4.94. The molecule has 1 rings (SSSR count). The summed E-state index contributed by atoms with van der Waals surface area (Å²) in [7, 11) is 2.23. The lowest BCUT2D eigenvalue weighted by Crippen LogP contribution is -2.52. The molecule has 114 valence electrons. The molecule has 0 amide bonds. The van der Waals surface area contributed by atoms with E-state index in [4.69, 9.17) is 5.73 Å². The summed E-state index contributed by atoms with van der Waals surface area (Å²) < 4.78 is 0. The Bertz CT molecular complexity index is 396. The Labute approximate surface area is 125 Å². The van der Waals surface area contributed by atoms with Gasteiger partial charge in [-0.15, -0.1) is 0 Å². The maximum Gasteiger partial charge on any atom is 0.0332 e. The maximum absolute atomic E-state index is 6.17. The van der Waals surface area contributed by atoms with Gasteiger partial charge in [-0.05, 0) is 43.9 Å². The molecule has 2 nitrogen and oxygen atoms in total. The van der Waals surface area contributed by atoms with E-state index in [2.05, 4.69) is 63.9 Å². The van der Waals surface area contributed by atoms with Crippen LogP contribution in [0.2, 0.25) is 0 Å². The Morgan fingerprint density at radius 1 is 1.25 bits per heavy atom. The molecule has 0 aliphatic carbocycles. The predicted molar refractivity (Wildman–Crippen MR) is 88.8 cm³/mol. The summed E-state index contributed by atoms with van der Waals surface area (Å²) in [5.74, 6) is 0.720. The van der Waals surface area contributed by atoms with Crippen molar-refractivity contribution in [1.82, 2.24) is 4.90 Å². The molecular formula is C18H32N2. The molecule has 0 aliphatic heterocycles. The van der Waals surface area contributed by atoms with Crippen molar-refractivity contribution in [3.8, 4) is 0 Å². The van der Waals surface area contributed by atoms with Crippen LogP contribution in [0.5, 0.6) is 0 Å². The highest BCUT2D eigenvalue weighted by molar-refractivity contribution is 5.25. The zero-order valence-corrected chi connectivity index (χ0v) is 13.9. The fourth-order valence-corrected chi connectivity index (χ4v) is 2.96. The van der Waals surface area contributed by atoms with Crippen LogP contribution in [-0.4, -0.2) is 24.0 Å². The molecular weight excluding hydrogens is 244 g/mol. The van der Waals surface area contributed by atoms with Crippen LogP contribution in [0.1, 0.15) is 51.2 Å². The van der Waals surface area contributed by atoms with Gasteiger partial charge in [-0.1, -0.05) is 51.5 Å². The molecule has 2 atom stereocenters. The lowest BCUT2D eigenvalue weighted by molar-refractivity contribution is 0.0853. The molecule has 1 aromatic carbocycles. The maximum atomic E-state index is 6.17. The van der Waals surface area contributed by atoms with Gasteiger partial charge in [0.1, 0.15) is 0 Å². The third kappa shape index (κ3) is 4.07. The first-order valence-corrected chi connectivity index (χ1v) is 7.94. The van der Waals surface area contributed by atoms with E-state index in [1.165, 1.54) is 24.0 Å². The Kier molecular flexibility index (Phi) is 6.70. The van der Waals surface area contributed by atoms with Crippen LogP contribution in [0.25, 0.3) is 0 Å². The summed E-state index contributed by atoms with van der Waals surface area (Å²) in [4.78, 5) is 2.47. The Morgan fingerprint density at radius 3 is 2.40 bits per heavy atom. The molecule has 0 saturated heterocycles. The predicted octanol–water partition coefficient (Wildman–Crippen LogP) is 3.97. The van der Waals surface area contributed by atoms with Gasteiger partial charge in [0.15, 0.2) is 0 Å². The summed E-state index contributed by atoms with van der Waals surface area (Å²) in [5.41, 5.74) is 9.07. The van der Waals surface area contributed by atoms with E-state index in [0.29, 0.717) is 0 Å². The number of aryl methyl sites for hydroxylation is 1. The Hall–Kier alpha value is -0.860. The monoisotopic (exact) mass is 276 g/mol. The average Bonchev–Trinajstić information content (AvgIpc) is 2.46. The van der Waals surface area contributed by atoms with Crippen molar-refractivity contribution >= 4 is 0 Å². The zero-order valence-electron chi connectivity index (χ0n) is 13.9. The molecule has 0 fully saturated rings. The highest BCUT2D eigenvalue weighted by atomic mass is 15.2. The second-order valence-electron chi connectivity index (χ2n) is 6.28. The molecule has 0 heterocycles. The van der Waals surface area contributed by atoms with Crippen LogP contribution in [0.3, 0.4) is 0 Å². The second-order valence-corrected chi connectivity index (χ2v) is 6.28. The highest BCUT2D eigenvalue weighted by Crippen LogP contribution is 2.29. The van der Waals surface area contributed by atoms with Gasteiger partial charge in [0.2, 0.25) is 0 Å². The molecule has 0 saturated carbocycles. The average molecular weight is 276 g/mol. The molecule has 2 heteroatoms. The van der Waals surface area contributed by atoms with Crippen molar-refractivity contribution in [2.24, 2.45) is 11.7 Å². The minimum absolute atomic E-state index is 0.123. The quantitative estimate of drug-likeness (QED) is 0.778. The van der Waals surface area contributed by atoms with Crippen LogP contribution in [-0.2, 0) is 6.54 Å². The van der Waals surface area contributed by atoms with Gasteiger partial charge in [0.25, 0.3) is 0 Å². The molecule has 1 aromatic rings. The van der Waals surface area contributed by atoms with Gasteiger partial charge >= 0.3 is 0 Å². The Morgan fingerprint density at radius 2 is 1.90 bits per heavy atom. The highest BCUT2D eigenvalue weighted by Gasteiger charge is 2.32. The van der Waals surface area contributed by atoms with Crippen molar-refractivity contribution in [3.63, 3.8) is 0 Å². The van der Waals surface area contributed by atoms with E-state index in [9.17, 15) is 0 Å². The third-order valence-corrected chi connectivity index (χ3v) is 4.94. The lowest BCUT2D eigenvalue weighted by atomic mass is 9.83. The van der Waals surface area contributed by atoms with Gasteiger partial charge in [-0.2, -0.15) is 0 Å². The van der Waals surface area contributed by atoms with Crippen molar-refractivity contribution in [2.75, 3.05) is 13.6 Å². The minimum atomic E-state index is 0.123. The number of nitrogens with two attached hydrogens (primary N) is 1. The number of hydrogen-bond acceptors (Lipinski definition) is 2. The molecule has 0 spiro atoms. The first-order chi connectivity index (χ1) is 9.49. The van der Waals surface area contributed by atoms with Crippen LogP contribution in [0.15, 0.2) is 24.3 Å². The summed E-state index contributed by atoms with van der Waals surface area (Å²) in [6.45, 7) is 10.8. The van der Waals surface area contributed by atoms with Crippen LogP contribution >= 0.6 is 0 Å². The first kappa shape index (κ1) is 17.2. The zero-order chi connectivity index (χ0) is 15.2. The molecule has 0 bridgehead atoms. The number of benzene rings is 1. The van der Waals surface area contributed by atoms with Gasteiger partial charge in [-0.25, -0.2) is 0 Å².